The van der Waals surface area contributed by atoms with E-state index in [0.29, 0.717) is 17.7 Å². The second-order valence-corrected chi connectivity index (χ2v) is 8.28. The molecule has 0 bridgehead atoms. The fourth-order valence-corrected chi connectivity index (χ4v) is 4.70. The van der Waals surface area contributed by atoms with Crippen molar-refractivity contribution in [1.29, 1.82) is 0 Å². The number of nitrogens with zero attached hydrogens (tertiary/aromatic N) is 4. The van der Waals surface area contributed by atoms with Gasteiger partial charge in [0.05, 0.1) is 0 Å². The van der Waals surface area contributed by atoms with Crippen molar-refractivity contribution in [3.8, 4) is 0 Å². The molecular formula is C23H25N5O. The van der Waals surface area contributed by atoms with Crippen molar-refractivity contribution in [2.45, 2.75) is 26.4 Å². The molecule has 2 atom stereocenters. The maximum absolute atomic E-state index is 12.7. The summed E-state index contributed by atoms with van der Waals surface area (Å²) < 4.78 is 2.02. The summed E-state index contributed by atoms with van der Waals surface area (Å²) in [6.07, 6.45) is 0.889. The lowest BCUT2D eigenvalue weighted by atomic mass is 9.89. The first-order valence-electron chi connectivity index (χ1n) is 10.2. The third-order valence-corrected chi connectivity index (χ3v) is 6.06. The van der Waals surface area contributed by atoms with Gasteiger partial charge in [0.1, 0.15) is 5.82 Å². The van der Waals surface area contributed by atoms with Gasteiger partial charge in [-0.15, -0.1) is 10.2 Å². The minimum absolute atomic E-state index is 0.192. The molecule has 6 heteroatoms. The molecule has 0 saturated carbocycles. The number of nitrogens with one attached hydrogen (secondary N) is 1. The molecule has 0 unspecified atom stereocenters. The molecule has 0 radical (unpaired) electrons. The van der Waals surface area contributed by atoms with Crippen LogP contribution in [0.25, 0.3) is 0 Å². The molecular weight excluding hydrogens is 362 g/mol. The first-order valence-corrected chi connectivity index (χ1v) is 10.2. The van der Waals surface area contributed by atoms with Crippen LogP contribution in [-0.4, -0.2) is 38.7 Å². The van der Waals surface area contributed by atoms with Crippen LogP contribution < -0.4 is 5.32 Å². The van der Waals surface area contributed by atoms with Crippen LogP contribution in [0.15, 0.2) is 54.6 Å². The van der Waals surface area contributed by atoms with Gasteiger partial charge < -0.3 is 9.88 Å². The highest BCUT2D eigenvalue weighted by Crippen LogP contribution is 2.33. The molecule has 5 rings (SSSR count). The minimum atomic E-state index is -0.192. The maximum Gasteiger partial charge on any atom is 0.293 e. The van der Waals surface area contributed by atoms with E-state index in [-0.39, 0.29) is 5.91 Å². The van der Waals surface area contributed by atoms with Gasteiger partial charge in [-0.1, -0.05) is 48.0 Å². The number of para-hydroxylation sites is 1. The molecule has 6 nitrogen and oxygen atoms in total. The number of aromatic nitrogens is 3. The highest BCUT2D eigenvalue weighted by Gasteiger charge is 2.39. The van der Waals surface area contributed by atoms with Crippen molar-refractivity contribution in [2.24, 2.45) is 11.8 Å². The van der Waals surface area contributed by atoms with Crippen molar-refractivity contribution in [3.05, 3.63) is 77.4 Å². The molecule has 3 heterocycles. The summed E-state index contributed by atoms with van der Waals surface area (Å²) in [7, 11) is 0. The number of rotatable bonds is 4. The number of anilines is 1. The number of amides is 1. The largest absolute Gasteiger partial charge is 0.319 e. The number of aryl methyl sites for hydroxylation is 1. The summed E-state index contributed by atoms with van der Waals surface area (Å²) in [6, 6.07) is 18.2. The van der Waals surface area contributed by atoms with E-state index in [4.69, 9.17) is 0 Å². The Labute approximate surface area is 170 Å². The van der Waals surface area contributed by atoms with Crippen molar-refractivity contribution in [3.63, 3.8) is 0 Å². The van der Waals surface area contributed by atoms with E-state index in [1.54, 1.807) is 0 Å². The summed E-state index contributed by atoms with van der Waals surface area (Å²) in [5, 5.41) is 11.5. The second-order valence-electron chi connectivity index (χ2n) is 8.28. The van der Waals surface area contributed by atoms with E-state index in [1.807, 2.05) is 34.9 Å². The Morgan fingerprint density at radius 2 is 1.86 bits per heavy atom. The van der Waals surface area contributed by atoms with Crippen LogP contribution in [0.2, 0.25) is 0 Å². The monoisotopic (exact) mass is 387 g/mol. The van der Waals surface area contributed by atoms with Crippen molar-refractivity contribution in [2.75, 3.05) is 18.4 Å². The molecule has 3 aromatic rings. The molecule has 1 aromatic heterocycles. The Balaban J connectivity index is 1.28. The maximum atomic E-state index is 12.7. The summed E-state index contributed by atoms with van der Waals surface area (Å²) in [4.78, 5) is 15.3. The van der Waals surface area contributed by atoms with Crippen molar-refractivity contribution in [1.82, 2.24) is 19.7 Å². The van der Waals surface area contributed by atoms with Crippen LogP contribution >= 0.6 is 0 Å². The third kappa shape index (κ3) is 3.68. The van der Waals surface area contributed by atoms with Gasteiger partial charge in [0.2, 0.25) is 5.82 Å². The third-order valence-electron chi connectivity index (χ3n) is 6.06. The van der Waals surface area contributed by atoms with E-state index < -0.39 is 0 Å². The van der Waals surface area contributed by atoms with Gasteiger partial charge in [-0.25, -0.2) is 0 Å². The van der Waals surface area contributed by atoms with Crippen molar-refractivity contribution < 1.29 is 4.79 Å². The molecule has 148 valence electrons. The zero-order valence-corrected chi connectivity index (χ0v) is 16.6. The Morgan fingerprint density at radius 3 is 2.69 bits per heavy atom. The Hall–Kier alpha value is -2.99. The topological polar surface area (TPSA) is 63.1 Å². The zero-order chi connectivity index (χ0) is 19.8. The van der Waals surface area contributed by atoms with Crippen LogP contribution in [0.4, 0.5) is 5.69 Å². The smallest absolute Gasteiger partial charge is 0.293 e. The number of carbonyl (C=O) groups is 1. The van der Waals surface area contributed by atoms with Crippen LogP contribution in [0, 0.1) is 18.8 Å². The summed E-state index contributed by atoms with van der Waals surface area (Å²) >= 11 is 0. The fourth-order valence-electron chi connectivity index (χ4n) is 4.70. The quantitative estimate of drug-likeness (QED) is 0.747. The molecule has 1 saturated heterocycles. The van der Waals surface area contributed by atoms with E-state index >= 15 is 0 Å². The molecule has 0 aliphatic carbocycles. The Morgan fingerprint density at radius 1 is 1.03 bits per heavy atom. The standard InChI is InChI=1S/C23H25N5O/c1-16-6-5-7-17(10-16)12-27-13-18-11-21-25-26-22(28(21)15-19(18)14-27)23(29)24-20-8-3-2-4-9-20/h2-10,18-19H,11-15H2,1H3,(H,24,29)/t18-,19+/m0/s1. The van der Waals surface area contributed by atoms with Crippen LogP contribution in [0.3, 0.4) is 0 Å². The number of likely N-dealkylation sites (tertiary alicyclic amines) is 1. The Kier molecular flexibility index (Phi) is 4.64. The zero-order valence-electron chi connectivity index (χ0n) is 16.6. The summed E-state index contributed by atoms with van der Waals surface area (Å²) in [5.74, 6) is 2.28. The first kappa shape index (κ1) is 18.1. The molecule has 1 N–H and O–H groups in total. The number of carbonyl (C=O) groups excluding carboxylic acids is 1. The van der Waals surface area contributed by atoms with E-state index in [0.717, 1.165) is 44.1 Å². The van der Waals surface area contributed by atoms with Crippen molar-refractivity contribution >= 4 is 11.6 Å². The van der Waals surface area contributed by atoms with E-state index in [1.165, 1.54) is 11.1 Å². The lowest BCUT2D eigenvalue weighted by molar-refractivity contribution is 0.100. The van der Waals surface area contributed by atoms with Crippen LogP contribution in [0.5, 0.6) is 0 Å². The molecule has 1 amide bonds. The predicted octanol–water partition coefficient (Wildman–Crippen LogP) is 3.14. The highest BCUT2D eigenvalue weighted by molar-refractivity contribution is 6.01. The Bertz CT molecular complexity index is 1030. The number of hydrogen-bond acceptors (Lipinski definition) is 4. The molecule has 2 aliphatic rings. The molecule has 0 spiro atoms. The van der Waals surface area contributed by atoms with E-state index in [9.17, 15) is 4.79 Å². The van der Waals surface area contributed by atoms with Gasteiger partial charge in [-0.2, -0.15) is 0 Å². The number of fused-ring (bicyclic) bond motifs is 2. The number of hydrogen-bond donors (Lipinski definition) is 1. The molecule has 29 heavy (non-hydrogen) atoms. The number of benzene rings is 2. The molecule has 2 aliphatic heterocycles. The highest BCUT2D eigenvalue weighted by atomic mass is 16.2. The normalized spacial score (nSPS) is 20.9. The average Bonchev–Trinajstić information content (AvgIpc) is 3.29. The lowest BCUT2D eigenvalue weighted by Gasteiger charge is -2.25. The van der Waals surface area contributed by atoms with Gasteiger partial charge in [0.25, 0.3) is 5.91 Å². The molecule has 2 aromatic carbocycles. The van der Waals surface area contributed by atoms with Gasteiger partial charge in [0, 0.05) is 38.3 Å². The van der Waals surface area contributed by atoms with Gasteiger partial charge in [-0.3, -0.25) is 9.69 Å². The van der Waals surface area contributed by atoms with Gasteiger partial charge in [-0.05, 0) is 36.5 Å². The molecule has 1 fully saturated rings. The summed E-state index contributed by atoms with van der Waals surface area (Å²) in [5.41, 5.74) is 3.44. The van der Waals surface area contributed by atoms with Crippen LogP contribution in [-0.2, 0) is 19.5 Å². The van der Waals surface area contributed by atoms with Gasteiger partial charge in [0.15, 0.2) is 0 Å². The SMILES string of the molecule is Cc1cccc(CN2C[C@@H]3Cn4c(nnc4C(=O)Nc4ccccc4)C[C@H]3C2)c1. The average molecular weight is 387 g/mol. The van der Waals surface area contributed by atoms with E-state index in [2.05, 4.69) is 51.6 Å². The van der Waals surface area contributed by atoms with Gasteiger partial charge >= 0.3 is 0 Å². The second kappa shape index (κ2) is 7.44. The van der Waals surface area contributed by atoms with Crippen LogP contribution in [0.1, 0.15) is 27.6 Å². The minimum Gasteiger partial charge on any atom is -0.319 e. The lowest BCUT2D eigenvalue weighted by Crippen LogP contribution is -2.31. The predicted molar refractivity (Wildman–Crippen MR) is 112 cm³/mol. The fraction of sp³-hybridized carbons (Fsp3) is 0.348. The summed E-state index contributed by atoms with van der Waals surface area (Å²) in [6.45, 7) is 6.07. The first-order chi connectivity index (χ1) is 14.2.